The third-order valence-corrected chi connectivity index (χ3v) is 1.81. The Morgan fingerprint density at radius 3 is 3.08 bits per heavy atom. The lowest BCUT2D eigenvalue weighted by Gasteiger charge is -2.15. The fourth-order valence-corrected chi connectivity index (χ4v) is 1.03. The zero-order valence-electron chi connectivity index (χ0n) is 7.16. The van der Waals surface area contributed by atoms with Crippen LogP contribution in [0.2, 0.25) is 0 Å². The Labute approximate surface area is 71.0 Å². The van der Waals surface area contributed by atoms with Crippen LogP contribution in [0.25, 0.3) is 0 Å². The average molecular weight is 168 g/mol. The van der Waals surface area contributed by atoms with Crippen molar-refractivity contribution in [2.45, 2.75) is 6.92 Å². The molecule has 2 N–H and O–H groups in total. The standard InChI is InChI=1S/C8H12N2O2/c1-5-3-10-4-6(7(5)11)8(12)9-2/h4-5,11H,3H2,1-2H3,(H,9,12). The molecule has 0 spiro atoms. The molecule has 1 heterocycles. The number of aliphatic imine (C=N–C) groups is 1. The highest BCUT2D eigenvalue weighted by molar-refractivity contribution is 6.12. The van der Waals surface area contributed by atoms with Crippen LogP contribution in [0.4, 0.5) is 0 Å². The van der Waals surface area contributed by atoms with Crippen LogP contribution in [-0.2, 0) is 4.79 Å². The lowest BCUT2D eigenvalue weighted by molar-refractivity contribution is -0.116. The van der Waals surface area contributed by atoms with Gasteiger partial charge in [-0.15, -0.1) is 0 Å². The summed E-state index contributed by atoms with van der Waals surface area (Å²) < 4.78 is 0. The predicted molar refractivity (Wildman–Crippen MR) is 46.2 cm³/mol. The maximum atomic E-state index is 11.1. The third-order valence-electron chi connectivity index (χ3n) is 1.81. The second-order valence-corrected chi connectivity index (χ2v) is 2.77. The van der Waals surface area contributed by atoms with Crippen molar-refractivity contribution in [2.75, 3.05) is 13.6 Å². The molecule has 1 aliphatic heterocycles. The first-order valence-electron chi connectivity index (χ1n) is 3.82. The highest BCUT2D eigenvalue weighted by Gasteiger charge is 2.19. The van der Waals surface area contributed by atoms with Crippen molar-refractivity contribution in [1.29, 1.82) is 0 Å². The van der Waals surface area contributed by atoms with Gasteiger partial charge in [-0.3, -0.25) is 9.79 Å². The maximum absolute atomic E-state index is 11.1. The highest BCUT2D eigenvalue weighted by atomic mass is 16.3. The molecular formula is C8H12N2O2. The van der Waals surface area contributed by atoms with E-state index in [-0.39, 0.29) is 23.2 Å². The van der Waals surface area contributed by atoms with Crippen LogP contribution in [0.1, 0.15) is 6.92 Å². The third kappa shape index (κ3) is 1.47. The van der Waals surface area contributed by atoms with Gasteiger partial charge in [0.2, 0.25) is 0 Å². The van der Waals surface area contributed by atoms with E-state index < -0.39 is 0 Å². The summed E-state index contributed by atoms with van der Waals surface area (Å²) in [7, 11) is 1.52. The summed E-state index contributed by atoms with van der Waals surface area (Å²) >= 11 is 0. The summed E-state index contributed by atoms with van der Waals surface area (Å²) in [6.45, 7) is 2.38. The first-order valence-corrected chi connectivity index (χ1v) is 3.82. The zero-order valence-corrected chi connectivity index (χ0v) is 7.16. The predicted octanol–water partition coefficient (Wildman–Crippen LogP) is 0.265. The lowest BCUT2D eigenvalue weighted by Crippen LogP contribution is -2.26. The molecule has 0 aromatic rings. The normalized spacial score (nSPS) is 22.7. The number of amides is 1. The number of hydrogen-bond acceptors (Lipinski definition) is 3. The smallest absolute Gasteiger partial charge is 0.255 e. The molecule has 1 rings (SSSR count). The molecule has 0 saturated carbocycles. The Morgan fingerprint density at radius 1 is 1.83 bits per heavy atom. The van der Waals surface area contributed by atoms with Crippen LogP contribution in [-0.4, -0.2) is 30.8 Å². The van der Waals surface area contributed by atoms with Gasteiger partial charge in [-0.05, 0) is 0 Å². The van der Waals surface area contributed by atoms with Crippen molar-refractivity contribution in [3.05, 3.63) is 11.3 Å². The van der Waals surface area contributed by atoms with E-state index in [0.29, 0.717) is 6.54 Å². The van der Waals surface area contributed by atoms with E-state index in [1.807, 2.05) is 6.92 Å². The first-order chi connectivity index (χ1) is 5.66. The SMILES string of the molecule is CNC(=O)C1=C(O)C(C)CN=C1. The molecule has 0 fully saturated rings. The number of carbonyl (C=O) groups excluding carboxylic acids is 1. The number of dihydropyridines is 1. The van der Waals surface area contributed by atoms with Gasteiger partial charge in [-0.1, -0.05) is 6.92 Å². The number of aliphatic hydroxyl groups excluding tert-OH is 1. The van der Waals surface area contributed by atoms with Crippen LogP contribution in [0, 0.1) is 5.92 Å². The van der Waals surface area contributed by atoms with Gasteiger partial charge in [0.05, 0.1) is 5.57 Å². The molecule has 0 bridgehead atoms. The fraction of sp³-hybridized carbons (Fsp3) is 0.500. The van der Waals surface area contributed by atoms with Crippen molar-refractivity contribution in [3.63, 3.8) is 0 Å². The van der Waals surface area contributed by atoms with Gasteiger partial charge in [0, 0.05) is 25.7 Å². The van der Waals surface area contributed by atoms with E-state index in [2.05, 4.69) is 10.3 Å². The molecule has 0 aliphatic carbocycles. The van der Waals surface area contributed by atoms with Crippen LogP contribution in [0.15, 0.2) is 16.3 Å². The fourth-order valence-electron chi connectivity index (χ4n) is 1.03. The van der Waals surface area contributed by atoms with Gasteiger partial charge in [0.25, 0.3) is 5.91 Å². The van der Waals surface area contributed by atoms with Crippen molar-refractivity contribution in [1.82, 2.24) is 5.32 Å². The molecule has 4 heteroatoms. The molecule has 0 radical (unpaired) electrons. The van der Waals surface area contributed by atoms with Crippen LogP contribution in [0.3, 0.4) is 0 Å². The molecule has 12 heavy (non-hydrogen) atoms. The number of likely N-dealkylation sites (N-methyl/N-ethyl adjacent to an activating group) is 1. The Balaban J connectivity index is 2.93. The van der Waals surface area contributed by atoms with Crippen LogP contribution < -0.4 is 5.32 Å². The van der Waals surface area contributed by atoms with Crippen LogP contribution >= 0.6 is 0 Å². The summed E-state index contributed by atoms with van der Waals surface area (Å²) in [5, 5.41) is 11.9. The number of carbonyl (C=O) groups is 1. The zero-order chi connectivity index (χ0) is 9.14. The Kier molecular flexibility index (Phi) is 2.47. The number of nitrogens with zero attached hydrogens (tertiary/aromatic N) is 1. The van der Waals surface area contributed by atoms with Crippen molar-refractivity contribution in [2.24, 2.45) is 10.9 Å². The molecule has 1 unspecified atom stereocenters. The molecule has 1 aliphatic rings. The molecule has 66 valence electrons. The minimum atomic E-state index is -0.289. The second kappa shape index (κ2) is 3.38. The van der Waals surface area contributed by atoms with Gasteiger partial charge < -0.3 is 10.4 Å². The minimum absolute atomic E-state index is 0.0534. The Hall–Kier alpha value is -1.32. The number of nitrogens with one attached hydrogen (secondary N) is 1. The second-order valence-electron chi connectivity index (χ2n) is 2.77. The topological polar surface area (TPSA) is 61.7 Å². The first kappa shape index (κ1) is 8.77. The van der Waals surface area contributed by atoms with Gasteiger partial charge >= 0.3 is 0 Å². The molecule has 1 atom stereocenters. The van der Waals surface area contributed by atoms with Crippen molar-refractivity contribution >= 4 is 12.1 Å². The van der Waals surface area contributed by atoms with E-state index in [0.717, 1.165) is 0 Å². The van der Waals surface area contributed by atoms with Gasteiger partial charge in [-0.25, -0.2) is 0 Å². The highest BCUT2D eigenvalue weighted by Crippen LogP contribution is 2.15. The molecular weight excluding hydrogens is 156 g/mol. The van der Waals surface area contributed by atoms with E-state index >= 15 is 0 Å². The molecule has 0 aromatic carbocycles. The van der Waals surface area contributed by atoms with E-state index in [1.54, 1.807) is 0 Å². The summed E-state index contributed by atoms with van der Waals surface area (Å²) in [5.41, 5.74) is 0.274. The number of aliphatic hydroxyl groups is 1. The number of rotatable bonds is 1. The minimum Gasteiger partial charge on any atom is -0.511 e. The summed E-state index contributed by atoms with van der Waals surface area (Å²) in [4.78, 5) is 15.1. The van der Waals surface area contributed by atoms with E-state index in [9.17, 15) is 9.90 Å². The Bertz CT molecular complexity index is 256. The molecule has 0 saturated heterocycles. The lowest BCUT2D eigenvalue weighted by atomic mass is 10.0. The van der Waals surface area contributed by atoms with Crippen molar-refractivity contribution in [3.8, 4) is 0 Å². The largest absolute Gasteiger partial charge is 0.511 e. The van der Waals surface area contributed by atoms with E-state index in [4.69, 9.17) is 0 Å². The van der Waals surface area contributed by atoms with Gasteiger partial charge in [-0.2, -0.15) is 0 Å². The molecule has 4 nitrogen and oxygen atoms in total. The van der Waals surface area contributed by atoms with Crippen molar-refractivity contribution < 1.29 is 9.90 Å². The average Bonchev–Trinajstić information content (AvgIpc) is 2.08. The number of hydrogen-bond donors (Lipinski definition) is 2. The quantitative estimate of drug-likeness (QED) is 0.590. The van der Waals surface area contributed by atoms with Gasteiger partial charge in [0.1, 0.15) is 5.76 Å². The van der Waals surface area contributed by atoms with Crippen LogP contribution in [0.5, 0.6) is 0 Å². The summed E-state index contributed by atoms with van der Waals surface area (Å²) in [6, 6.07) is 0. The van der Waals surface area contributed by atoms with E-state index in [1.165, 1.54) is 13.3 Å². The maximum Gasteiger partial charge on any atom is 0.255 e. The van der Waals surface area contributed by atoms with Gasteiger partial charge in [0.15, 0.2) is 0 Å². The summed E-state index contributed by atoms with van der Waals surface area (Å²) in [5.74, 6) is -0.213. The molecule has 0 aromatic heterocycles. The Morgan fingerprint density at radius 2 is 2.50 bits per heavy atom. The monoisotopic (exact) mass is 168 g/mol. The molecule has 1 amide bonds. The summed E-state index contributed by atoms with van der Waals surface area (Å²) in [6.07, 6.45) is 1.41.